The summed E-state index contributed by atoms with van der Waals surface area (Å²) in [4.78, 5) is 0. The van der Waals surface area contributed by atoms with Crippen molar-refractivity contribution < 1.29 is 22.6 Å². The smallest absolute Gasteiger partial charge is 0.172 e. The molecule has 2 nitrogen and oxygen atoms in total. The van der Waals surface area contributed by atoms with Crippen molar-refractivity contribution in [3.05, 3.63) is 96.3 Å². The fraction of sp³-hybridized carbons (Fsp3) is 0.120. The van der Waals surface area contributed by atoms with Crippen LogP contribution in [0.5, 0.6) is 11.5 Å². The van der Waals surface area contributed by atoms with Crippen LogP contribution in [0.1, 0.15) is 18.1 Å². The predicted octanol–water partition coefficient (Wildman–Crippen LogP) is 7.26. The Labute approximate surface area is 173 Å². The van der Waals surface area contributed by atoms with Crippen LogP contribution in [0.3, 0.4) is 0 Å². The lowest BCUT2D eigenvalue weighted by molar-refractivity contribution is 0.344. The van der Waals surface area contributed by atoms with E-state index in [1.165, 1.54) is 42.5 Å². The third-order valence-electron chi connectivity index (χ3n) is 4.41. The van der Waals surface area contributed by atoms with Crippen LogP contribution < -0.4 is 9.47 Å². The number of allylic oxidation sites excluding steroid dienone is 1. The molecule has 0 unspecified atom stereocenters. The molecule has 0 amide bonds. The van der Waals surface area contributed by atoms with Crippen LogP contribution in [0.25, 0.3) is 22.4 Å². The van der Waals surface area contributed by atoms with E-state index in [9.17, 15) is 13.2 Å². The van der Waals surface area contributed by atoms with Gasteiger partial charge in [0.2, 0.25) is 0 Å². The van der Waals surface area contributed by atoms with Crippen molar-refractivity contribution in [1.29, 1.82) is 0 Å². The van der Waals surface area contributed by atoms with Gasteiger partial charge in [0.25, 0.3) is 0 Å². The second-order valence-corrected chi connectivity index (χ2v) is 6.45. The van der Waals surface area contributed by atoms with Crippen molar-refractivity contribution >= 4 is 22.4 Å². The summed E-state index contributed by atoms with van der Waals surface area (Å²) in [5.41, 5.74) is 0.109. The molecule has 3 rings (SSSR count). The third-order valence-corrected chi connectivity index (χ3v) is 4.41. The SMILES string of the molecule is C=CCOc1ccc2cc(C(F)=C(F)c3ccc(OCC=CC)cc3)ccc2c1F. The largest absolute Gasteiger partial charge is 0.490 e. The molecule has 3 aromatic carbocycles. The molecular weight excluding hydrogens is 389 g/mol. The number of halogens is 3. The molecule has 0 heterocycles. The Morgan fingerprint density at radius 1 is 0.900 bits per heavy atom. The number of fused-ring (bicyclic) bond motifs is 1. The fourth-order valence-corrected chi connectivity index (χ4v) is 2.86. The van der Waals surface area contributed by atoms with Gasteiger partial charge < -0.3 is 9.47 Å². The van der Waals surface area contributed by atoms with E-state index in [1.807, 2.05) is 19.1 Å². The molecule has 3 aromatic rings. The number of ether oxygens (including phenoxy) is 2. The van der Waals surface area contributed by atoms with Crippen LogP contribution in [0.15, 0.2) is 79.4 Å². The molecule has 0 aromatic heterocycles. The fourth-order valence-electron chi connectivity index (χ4n) is 2.86. The summed E-state index contributed by atoms with van der Waals surface area (Å²) in [7, 11) is 0. The van der Waals surface area contributed by atoms with Gasteiger partial charge in [0.05, 0.1) is 0 Å². The standard InChI is InChI=1S/C25H21F3O2/c1-3-5-15-29-20-10-6-17(7-11-20)23(26)24(27)19-8-12-21-18(16-19)9-13-22(25(21)28)30-14-4-2/h3-13,16H,2,14-15H2,1H3. The highest BCUT2D eigenvalue weighted by Crippen LogP contribution is 2.33. The predicted molar refractivity (Wildman–Crippen MR) is 115 cm³/mol. The Hall–Kier alpha value is -3.47. The van der Waals surface area contributed by atoms with Crippen LogP contribution in [0.2, 0.25) is 0 Å². The Bertz CT molecular complexity index is 1100. The first-order valence-corrected chi connectivity index (χ1v) is 9.41. The normalized spacial score (nSPS) is 12.1. The zero-order chi connectivity index (χ0) is 21.5. The molecule has 0 bridgehead atoms. The van der Waals surface area contributed by atoms with E-state index in [0.29, 0.717) is 17.7 Å². The summed E-state index contributed by atoms with van der Waals surface area (Å²) in [5, 5.41) is 0.697. The van der Waals surface area contributed by atoms with Crippen LogP contribution >= 0.6 is 0 Å². The van der Waals surface area contributed by atoms with Gasteiger partial charge in [-0.1, -0.05) is 43.0 Å². The lowest BCUT2D eigenvalue weighted by Crippen LogP contribution is -1.96. The summed E-state index contributed by atoms with van der Waals surface area (Å²) in [6, 6.07) is 13.3. The van der Waals surface area contributed by atoms with Crippen molar-refractivity contribution in [1.82, 2.24) is 0 Å². The maximum Gasteiger partial charge on any atom is 0.172 e. The van der Waals surface area contributed by atoms with Crippen molar-refractivity contribution in [3.8, 4) is 11.5 Å². The van der Waals surface area contributed by atoms with Gasteiger partial charge in [-0.25, -0.2) is 13.2 Å². The highest BCUT2D eigenvalue weighted by Gasteiger charge is 2.14. The van der Waals surface area contributed by atoms with Gasteiger partial charge in [0.15, 0.2) is 23.2 Å². The molecule has 0 fully saturated rings. The molecule has 154 valence electrons. The molecule has 30 heavy (non-hydrogen) atoms. The molecule has 0 saturated heterocycles. The lowest BCUT2D eigenvalue weighted by Gasteiger charge is -2.09. The zero-order valence-electron chi connectivity index (χ0n) is 16.5. The molecule has 5 heteroatoms. The quantitative estimate of drug-likeness (QED) is 0.287. The van der Waals surface area contributed by atoms with Gasteiger partial charge in [-0.2, -0.15) is 0 Å². The summed E-state index contributed by atoms with van der Waals surface area (Å²) in [6.45, 7) is 5.97. The number of hydrogen-bond acceptors (Lipinski definition) is 2. The second kappa shape index (κ2) is 9.83. The molecular formula is C25H21F3O2. The maximum absolute atomic E-state index is 14.8. The summed E-state index contributed by atoms with van der Waals surface area (Å²) >= 11 is 0. The van der Waals surface area contributed by atoms with E-state index in [2.05, 4.69) is 6.58 Å². The average molecular weight is 410 g/mol. The molecule has 0 aliphatic rings. The Morgan fingerprint density at radius 2 is 1.60 bits per heavy atom. The molecule has 0 N–H and O–H groups in total. The second-order valence-electron chi connectivity index (χ2n) is 6.45. The molecule has 0 aliphatic heterocycles. The van der Waals surface area contributed by atoms with Crippen LogP contribution in [0, 0.1) is 5.82 Å². The van der Waals surface area contributed by atoms with Gasteiger partial charge in [0.1, 0.15) is 19.0 Å². The van der Waals surface area contributed by atoms with E-state index in [-0.39, 0.29) is 28.9 Å². The number of rotatable bonds is 8. The van der Waals surface area contributed by atoms with Crippen LogP contribution in [0.4, 0.5) is 13.2 Å². The van der Waals surface area contributed by atoms with E-state index < -0.39 is 17.5 Å². The Kier molecular flexibility index (Phi) is 6.96. The maximum atomic E-state index is 14.8. The minimum atomic E-state index is -1.02. The molecule has 0 aliphatic carbocycles. The monoisotopic (exact) mass is 410 g/mol. The first kappa shape index (κ1) is 21.2. The van der Waals surface area contributed by atoms with E-state index in [4.69, 9.17) is 9.47 Å². The first-order valence-electron chi connectivity index (χ1n) is 9.41. The number of benzene rings is 3. The van der Waals surface area contributed by atoms with Gasteiger partial charge in [-0.15, -0.1) is 0 Å². The Balaban J connectivity index is 1.88. The zero-order valence-corrected chi connectivity index (χ0v) is 16.5. The van der Waals surface area contributed by atoms with Gasteiger partial charge >= 0.3 is 0 Å². The van der Waals surface area contributed by atoms with Gasteiger partial charge in [-0.3, -0.25) is 0 Å². The van der Waals surface area contributed by atoms with Gasteiger partial charge in [0, 0.05) is 16.5 Å². The topological polar surface area (TPSA) is 18.5 Å². The van der Waals surface area contributed by atoms with Crippen molar-refractivity contribution in [2.45, 2.75) is 6.92 Å². The lowest BCUT2D eigenvalue weighted by atomic mass is 10.0. The first-order chi connectivity index (χ1) is 14.5. The number of hydrogen-bond donors (Lipinski definition) is 0. The highest BCUT2D eigenvalue weighted by atomic mass is 19.2. The molecule has 0 radical (unpaired) electrons. The third kappa shape index (κ3) is 4.74. The van der Waals surface area contributed by atoms with E-state index in [1.54, 1.807) is 18.2 Å². The van der Waals surface area contributed by atoms with Crippen molar-refractivity contribution in [2.75, 3.05) is 13.2 Å². The molecule has 0 spiro atoms. The summed E-state index contributed by atoms with van der Waals surface area (Å²) in [6.07, 6.45) is 5.21. The van der Waals surface area contributed by atoms with Gasteiger partial charge in [-0.05, 0) is 48.7 Å². The van der Waals surface area contributed by atoms with Crippen LogP contribution in [-0.4, -0.2) is 13.2 Å². The summed E-state index contributed by atoms with van der Waals surface area (Å²) in [5.74, 6) is -1.94. The minimum Gasteiger partial charge on any atom is -0.490 e. The Morgan fingerprint density at radius 3 is 2.30 bits per heavy atom. The average Bonchev–Trinajstić information content (AvgIpc) is 2.78. The molecule has 0 atom stereocenters. The van der Waals surface area contributed by atoms with E-state index >= 15 is 0 Å². The van der Waals surface area contributed by atoms with Crippen molar-refractivity contribution in [2.24, 2.45) is 0 Å². The minimum absolute atomic E-state index is 0.0209. The summed E-state index contributed by atoms with van der Waals surface area (Å²) < 4.78 is 54.7. The van der Waals surface area contributed by atoms with E-state index in [0.717, 1.165) is 0 Å². The molecule has 0 saturated carbocycles. The van der Waals surface area contributed by atoms with Crippen molar-refractivity contribution in [3.63, 3.8) is 0 Å². The van der Waals surface area contributed by atoms with Crippen LogP contribution in [-0.2, 0) is 0 Å². The highest BCUT2D eigenvalue weighted by molar-refractivity contribution is 5.91.